The van der Waals surface area contributed by atoms with Crippen LogP contribution in [0.15, 0.2) is 35.1 Å². The van der Waals surface area contributed by atoms with Gasteiger partial charge in [-0.1, -0.05) is 0 Å². The van der Waals surface area contributed by atoms with Gasteiger partial charge in [-0.25, -0.2) is 4.79 Å². The summed E-state index contributed by atoms with van der Waals surface area (Å²) >= 11 is 1.44. The van der Waals surface area contributed by atoms with E-state index in [9.17, 15) is 9.59 Å². The lowest BCUT2D eigenvalue weighted by Crippen LogP contribution is -2.21. The fourth-order valence-corrected chi connectivity index (χ4v) is 4.57. The number of amides is 1. The van der Waals surface area contributed by atoms with Gasteiger partial charge in [-0.3, -0.25) is 4.79 Å². The molecule has 0 atom stereocenters. The van der Waals surface area contributed by atoms with Gasteiger partial charge < -0.3 is 19.2 Å². The molecule has 0 fully saturated rings. The van der Waals surface area contributed by atoms with Crippen LogP contribution in [0, 0.1) is 0 Å². The number of rotatable bonds is 6. The molecule has 3 aromatic rings. The van der Waals surface area contributed by atoms with E-state index in [1.165, 1.54) is 24.8 Å². The number of nitrogens with one attached hydrogen (secondary N) is 1. The van der Waals surface area contributed by atoms with Crippen molar-refractivity contribution in [2.45, 2.75) is 25.7 Å². The van der Waals surface area contributed by atoms with Crippen molar-refractivity contribution in [3.63, 3.8) is 0 Å². The fraction of sp³-hybridized carbons (Fsp3) is 0.300. The summed E-state index contributed by atoms with van der Waals surface area (Å²) in [7, 11) is 1.35. The molecular weight excluding hydrogens is 394 g/mol. The van der Waals surface area contributed by atoms with Gasteiger partial charge in [0.2, 0.25) is 12.3 Å². The Balaban J connectivity index is 1.41. The first-order valence-electron chi connectivity index (χ1n) is 9.18. The zero-order valence-corrected chi connectivity index (χ0v) is 16.6. The number of carbonyl (C=O) groups is 2. The second-order valence-corrected chi connectivity index (χ2v) is 7.62. The smallest absolute Gasteiger partial charge is 0.341 e. The molecule has 0 spiro atoms. The van der Waals surface area contributed by atoms with Crippen LogP contribution in [0.5, 0.6) is 5.75 Å². The summed E-state index contributed by atoms with van der Waals surface area (Å²) in [5.74, 6) is 0.181. The molecular formula is C20H19N3O5S. The van der Waals surface area contributed by atoms with Crippen molar-refractivity contribution in [2.24, 2.45) is 0 Å². The Labute approximate surface area is 170 Å². The molecule has 4 rings (SSSR count). The molecule has 1 aliphatic rings. The lowest BCUT2D eigenvalue weighted by atomic mass is 9.95. The van der Waals surface area contributed by atoms with Gasteiger partial charge in [-0.2, -0.15) is 0 Å². The molecule has 1 amide bonds. The first-order chi connectivity index (χ1) is 14.2. The number of benzene rings is 1. The van der Waals surface area contributed by atoms with Gasteiger partial charge in [0.15, 0.2) is 6.61 Å². The van der Waals surface area contributed by atoms with Crippen molar-refractivity contribution in [3.8, 4) is 17.2 Å². The highest BCUT2D eigenvalue weighted by Crippen LogP contribution is 2.38. The first-order valence-corrected chi connectivity index (χ1v) is 9.99. The third kappa shape index (κ3) is 4.14. The number of hydrogen-bond acceptors (Lipinski definition) is 8. The van der Waals surface area contributed by atoms with Crippen molar-refractivity contribution in [1.82, 2.24) is 10.2 Å². The zero-order chi connectivity index (χ0) is 20.2. The van der Waals surface area contributed by atoms with Crippen LogP contribution in [0.25, 0.3) is 11.5 Å². The average Bonchev–Trinajstić information content (AvgIpc) is 3.40. The van der Waals surface area contributed by atoms with E-state index in [2.05, 4.69) is 15.5 Å². The van der Waals surface area contributed by atoms with E-state index in [0.717, 1.165) is 41.7 Å². The summed E-state index contributed by atoms with van der Waals surface area (Å²) < 4.78 is 15.6. The summed E-state index contributed by atoms with van der Waals surface area (Å²) in [5.41, 5.74) is 2.23. The fourth-order valence-electron chi connectivity index (χ4n) is 3.28. The Morgan fingerprint density at radius 3 is 2.72 bits per heavy atom. The molecule has 9 heteroatoms. The highest BCUT2D eigenvalue weighted by molar-refractivity contribution is 7.17. The van der Waals surface area contributed by atoms with Crippen LogP contribution in [-0.4, -0.2) is 35.8 Å². The maximum absolute atomic E-state index is 12.4. The number of aryl methyl sites for hydroxylation is 1. The predicted octanol–water partition coefficient (Wildman–Crippen LogP) is 3.48. The summed E-state index contributed by atoms with van der Waals surface area (Å²) in [6.07, 6.45) is 5.13. The SMILES string of the molecule is COC(=O)c1c(NC(=O)COc2ccc(-c3nnco3)cc2)sc2c1CCCC2. The molecule has 29 heavy (non-hydrogen) atoms. The standard InChI is InChI=1S/C20H19N3O5S/c1-26-20(25)17-14-4-2-3-5-15(14)29-19(17)22-16(24)10-27-13-8-6-12(7-9-13)18-23-21-11-28-18/h6-9,11H,2-5,10H2,1H3,(H,22,24). The molecule has 2 aromatic heterocycles. The molecule has 1 aliphatic carbocycles. The number of hydrogen-bond donors (Lipinski definition) is 1. The quantitative estimate of drug-likeness (QED) is 0.617. The summed E-state index contributed by atoms with van der Waals surface area (Å²) in [5, 5.41) is 10.8. The minimum Gasteiger partial charge on any atom is -0.484 e. The third-order valence-corrected chi connectivity index (χ3v) is 5.85. The van der Waals surface area contributed by atoms with E-state index < -0.39 is 5.97 Å². The summed E-state index contributed by atoms with van der Waals surface area (Å²) in [6.45, 7) is -0.177. The molecule has 0 saturated heterocycles. The van der Waals surface area contributed by atoms with Gasteiger partial charge in [0.25, 0.3) is 5.91 Å². The van der Waals surface area contributed by atoms with Gasteiger partial charge in [0.1, 0.15) is 10.8 Å². The van der Waals surface area contributed by atoms with Crippen LogP contribution in [0.2, 0.25) is 0 Å². The maximum Gasteiger partial charge on any atom is 0.341 e. The molecule has 1 N–H and O–H groups in total. The molecule has 150 valence electrons. The van der Waals surface area contributed by atoms with E-state index in [1.807, 2.05) is 0 Å². The Morgan fingerprint density at radius 1 is 1.21 bits per heavy atom. The first kappa shape index (κ1) is 19.1. The molecule has 8 nitrogen and oxygen atoms in total. The van der Waals surface area contributed by atoms with E-state index in [-0.39, 0.29) is 12.5 Å². The largest absolute Gasteiger partial charge is 0.484 e. The van der Waals surface area contributed by atoms with Crippen LogP contribution in [0.4, 0.5) is 5.00 Å². The number of nitrogens with zero attached hydrogens (tertiary/aromatic N) is 2. The summed E-state index contributed by atoms with van der Waals surface area (Å²) in [4.78, 5) is 25.8. The van der Waals surface area contributed by atoms with Gasteiger partial charge in [-0.05, 0) is 55.5 Å². The lowest BCUT2D eigenvalue weighted by molar-refractivity contribution is -0.118. The van der Waals surface area contributed by atoms with Crippen LogP contribution >= 0.6 is 11.3 Å². The molecule has 0 unspecified atom stereocenters. The normalized spacial score (nSPS) is 12.9. The van der Waals surface area contributed by atoms with Crippen molar-refractivity contribution in [1.29, 1.82) is 0 Å². The van der Waals surface area contributed by atoms with E-state index >= 15 is 0 Å². The lowest BCUT2D eigenvalue weighted by Gasteiger charge is -2.12. The number of carbonyl (C=O) groups excluding carboxylic acids is 2. The number of ether oxygens (including phenoxy) is 2. The molecule has 2 heterocycles. The van der Waals surface area contributed by atoms with Crippen LogP contribution in [0.1, 0.15) is 33.6 Å². The topological polar surface area (TPSA) is 104 Å². The second kappa shape index (κ2) is 8.44. The van der Waals surface area contributed by atoms with Crippen LogP contribution in [-0.2, 0) is 22.4 Å². The maximum atomic E-state index is 12.4. The van der Waals surface area contributed by atoms with Crippen molar-refractivity contribution in [2.75, 3.05) is 19.0 Å². The minimum absolute atomic E-state index is 0.177. The van der Waals surface area contributed by atoms with Gasteiger partial charge in [-0.15, -0.1) is 21.5 Å². The van der Waals surface area contributed by atoms with Crippen molar-refractivity contribution >= 4 is 28.2 Å². The molecule has 0 radical (unpaired) electrons. The third-order valence-electron chi connectivity index (χ3n) is 4.65. The Kier molecular flexibility index (Phi) is 5.57. The Morgan fingerprint density at radius 2 is 2.00 bits per heavy atom. The summed E-state index contributed by atoms with van der Waals surface area (Å²) in [6, 6.07) is 6.97. The van der Waals surface area contributed by atoms with Crippen LogP contribution in [0.3, 0.4) is 0 Å². The van der Waals surface area contributed by atoms with E-state index in [1.54, 1.807) is 24.3 Å². The molecule has 1 aromatic carbocycles. The average molecular weight is 413 g/mol. The molecule has 0 aliphatic heterocycles. The highest BCUT2D eigenvalue weighted by Gasteiger charge is 2.26. The Bertz CT molecular complexity index is 1010. The monoisotopic (exact) mass is 413 g/mol. The van der Waals surface area contributed by atoms with E-state index in [4.69, 9.17) is 13.9 Å². The van der Waals surface area contributed by atoms with E-state index in [0.29, 0.717) is 22.2 Å². The van der Waals surface area contributed by atoms with Crippen molar-refractivity contribution in [3.05, 3.63) is 46.7 Å². The second-order valence-electron chi connectivity index (χ2n) is 6.51. The van der Waals surface area contributed by atoms with Crippen molar-refractivity contribution < 1.29 is 23.5 Å². The van der Waals surface area contributed by atoms with Gasteiger partial charge in [0, 0.05) is 10.4 Å². The number of methoxy groups -OCH3 is 1. The predicted molar refractivity (Wildman–Crippen MR) is 106 cm³/mol. The number of aromatic nitrogens is 2. The highest BCUT2D eigenvalue weighted by atomic mass is 32.1. The molecule has 0 bridgehead atoms. The van der Waals surface area contributed by atoms with Crippen LogP contribution < -0.4 is 10.1 Å². The zero-order valence-electron chi connectivity index (χ0n) is 15.8. The Hall–Kier alpha value is -3.20. The molecule has 0 saturated carbocycles. The minimum atomic E-state index is -0.419. The number of esters is 1. The number of fused-ring (bicyclic) bond motifs is 1. The van der Waals surface area contributed by atoms with Gasteiger partial charge in [0.05, 0.1) is 12.7 Å². The number of thiophene rings is 1. The number of anilines is 1. The van der Waals surface area contributed by atoms with Gasteiger partial charge >= 0.3 is 5.97 Å².